The van der Waals surface area contributed by atoms with Crippen molar-refractivity contribution in [3.8, 4) is 0 Å². The molecule has 0 atom stereocenters. The van der Waals surface area contributed by atoms with E-state index in [2.05, 4.69) is 29.5 Å². The van der Waals surface area contributed by atoms with Crippen LogP contribution >= 0.6 is 0 Å². The molecule has 1 aromatic heterocycles. The van der Waals surface area contributed by atoms with E-state index in [0.29, 0.717) is 6.04 Å². The molecule has 108 valence electrons. The van der Waals surface area contributed by atoms with Crippen LogP contribution in [0.3, 0.4) is 0 Å². The first-order chi connectivity index (χ1) is 9.65. The fraction of sp³-hybridized carbons (Fsp3) is 0.500. The maximum atomic E-state index is 13.6. The molecule has 2 heterocycles. The van der Waals surface area contributed by atoms with E-state index in [9.17, 15) is 4.39 Å². The summed E-state index contributed by atoms with van der Waals surface area (Å²) in [5.41, 5.74) is 2.32. The Labute approximate surface area is 118 Å². The summed E-state index contributed by atoms with van der Waals surface area (Å²) in [6, 6.07) is 5.46. The Morgan fingerprint density at radius 2 is 2.00 bits per heavy atom. The maximum Gasteiger partial charge on any atom is 0.123 e. The molecule has 0 radical (unpaired) electrons. The maximum absolute atomic E-state index is 13.6. The number of aromatic nitrogens is 1. The van der Waals surface area contributed by atoms with Crippen molar-refractivity contribution in [2.45, 2.75) is 26.4 Å². The molecule has 2 aromatic rings. The molecule has 1 aliphatic heterocycles. The number of hydrogen-bond acceptors (Lipinski definition) is 2. The van der Waals surface area contributed by atoms with Gasteiger partial charge in [-0.3, -0.25) is 4.90 Å². The Morgan fingerprint density at radius 1 is 1.25 bits per heavy atom. The standard InChI is InChI=1S/C16H21FN2O/c1-12(2)19-11-13(10-18-5-7-20-8-6-18)15-9-14(17)3-4-16(15)19/h3-4,9,11-12H,5-8,10H2,1-2H3. The molecular formula is C16H21FN2O. The van der Waals surface area contributed by atoms with Gasteiger partial charge in [0.2, 0.25) is 0 Å². The predicted octanol–water partition coefficient (Wildman–Crippen LogP) is 3.19. The van der Waals surface area contributed by atoms with Crippen LogP contribution in [0.2, 0.25) is 0 Å². The van der Waals surface area contributed by atoms with Crippen molar-refractivity contribution in [1.82, 2.24) is 9.47 Å². The van der Waals surface area contributed by atoms with Crippen LogP contribution in [0.25, 0.3) is 10.9 Å². The molecular weight excluding hydrogens is 255 g/mol. The predicted molar refractivity (Wildman–Crippen MR) is 78.4 cm³/mol. The molecule has 1 aromatic carbocycles. The molecule has 0 aliphatic carbocycles. The molecule has 1 aliphatic rings. The first-order valence-electron chi connectivity index (χ1n) is 7.24. The number of benzene rings is 1. The van der Waals surface area contributed by atoms with E-state index < -0.39 is 0 Å². The summed E-state index contributed by atoms with van der Waals surface area (Å²) in [6.07, 6.45) is 2.17. The highest BCUT2D eigenvalue weighted by atomic mass is 19.1. The molecule has 0 spiro atoms. The van der Waals surface area contributed by atoms with Crippen LogP contribution in [-0.4, -0.2) is 35.8 Å². The average Bonchev–Trinajstić information content (AvgIpc) is 2.78. The van der Waals surface area contributed by atoms with Gasteiger partial charge in [0.05, 0.1) is 13.2 Å². The molecule has 0 N–H and O–H groups in total. The highest BCUT2D eigenvalue weighted by molar-refractivity contribution is 5.84. The summed E-state index contributed by atoms with van der Waals surface area (Å²) in [6.45, 7) is 8.65. The summed E-state index contributed by atoms with van der Waals surface area (Å²) in [7, 11) is 0. The normalized spacial score (nSPS) is 17.2. The minimum absolute atomic E-state index is 0.165. The lowest BCUT2D eigenvalue weighted by Gasteiger charge is -2.26. The van der Waals surface area contributed by atoms with Gasteiger partial charge in [-0.1, -0.05) is 0 Å². The fourth-order valence-corrected chi connectivity index (χ4v) is 2.85. The molecule has 0 unspecified atom stereocenters. The SMILES string of the molecule is CC(C)n1cc(CN2CCOCC2)c2cc(F)ccc21. The quantitative estimate of drug-likeness (QED) is 0.856. The van der Waals surface area contributed by atoms with E-state index in [-0.39, 0.29) is 5.82 Å². The lowest BCUT2D eigenvalue weighted by molar-refractivity contribution is 0.0343. The van der Waals surface area contributed by atoms with Gasteiger partial charge in [0.25, 0.3) is 0 Å². The number of morpholine rings is 1. The Bertz CT molecular complexity index is 600. The summed E-state index contributed by atoms with van der Waals surface area (Å²) in [5.74, 6) is -0.165. The Kier molecular flexibility index (Phi) is 3.76. The van der Waals surface area contributed by atoms with Gasteiger partial charge in [0.1, 0.15) is 5.82 Å². The van der Waals surface area contributed by atoms with E-state index in [4.69, 9.17) is 4.74 Å². The van der Waals surface area contributed by atoms with Gasteiger partial charge in [0.15, 0.2) is 0 Å². The largest absolute Gasteiger partial charge is 0.379 e. The lowest BCUT2D eigenvalue weighted by atomic mass is 10.1. The number of rotatable bonds is 3. The Morgan fingerprint density at radius 3 is 2.70 bits per heavy atom. The average molecular weight is 276 g/mol. The van der Waals surface area contributed by atoms with E-state index in [1.165, 1.54) is 5.56 Å². The van der Waals surface area contributed by atoms with Crippen LogP contribution in [0.5, 0.6) is 0 Å². The number of nitrogens with zero attached hydrogens (tertiary/aromatic N) is 2. The Balaban J connectivity index is 1.98. The van der Waals surface area contributed by atoms with Crippen LogP contribution in [0, 0.1) is 5.82 Å². The zero-order valence-electron chi connectivity index (χ0n) is 12.1. The van der Waals surface area contributed by atoms with Crippen LogP contribution < -0.4 is 0 Å². The first kappa shape index (κ1) is 13.6. The van der Waals surface area contributed by atoms with E-state index in [1.807, 2.05) is 6.07 Å². The first-order valence-corrected chi connectivity index (χ1v) is 7.24. The lowest BCUT2D eigenvalue weighted by Crippen LogP contribution is -2.35. The fourth-order valence-electron chi connectivity index (χ4n) is 2.85. The zero-order chi connectivity index (χ0) is 14.1. The molecule has 0 amide bonds. The van der Waals surface area contributed by atoms with Crippen molar-refractivity contribution in [2.24, 2.45) is 0 Å². The van der Waals surface area contributed by atoms with Crippen molar-refractivity contribution < 1.29 is 9.13 Å². The van der Waals surface area contributed by atoms with Crippen LogP contribution in [0.1, 0.15) is 25.5 Å². The topological polar surface area (TPSA) is 17.4 Å². The van der Waals surface area contributed by atoms with Crippen LogP contribution in [0.15, 0.2) is 24.4 Å². The van der Waals surface area contributed by atoms with Gasteiger partial charge in [0, 0.05) is 42.8 Å². The van der Waals surface area contributed by atoms with Crippen molar-refractivity contribution >= 4 is 10.9 Å². The minimum atomic E-state index is -0.165. The minimum Gasteiger partial charge on any atom is -0.379 e. The molecule has 1 fully saturated rings. The van der Waals surface area contributed by atoms with Crippen molar-refractivity contribution in [2.75, 3.05) is 26.3 Å². The molecule has 3 rings (SSSR count). The highest BCUT2D eigenvalue weighted by Crippen LogP contribution is 2.26. The van der Waals surface area contributed by atoms with Gasteiger partial charge in [-0.25, -0.2) is 4.39 Å². The third-order valence-corrected chi connectivity index (χ3v) is 3.93. The van der Waals surface area contributed by atoms with Crippen LogP contribution in [-0.2, 0) is 11.3 Å². The second-order valence-electron chi connectivity index (χ2n) is 5.71. The van der Waals surface area contributed by atoms with Gasteiger partial charge in [-0.05, 0) is 37.6 Å². The van der Waals surface area contributed by atoms with Gasteiger partial charge >= 0.3 is 0 Å². The molecule has 0 bridgehead atoms. The van der Waals surface area contributed by atoms with Crippen molar-refractivity contribution in [3.05, 3.63) is 35.8 Å². The van der Waals surface area contributed by atoms with Gasteiger partial charge < -0.3 is 9.30 Å². The smallest absolute Gasteiger partial charge is 0.123 e. The summed E-state index contributed by atoms with van der Waals surface area (Å²) in [4.78, 5) is 2.37. The highest BCUT2D eigenvalue weighted by Gasteiger charge is 2.16. The van der Waals surface area contributed by atoms with E-state index in [0.717, 1.165) is 43.8 Å². The van der Waals surface area contributed by atoms with E-state index >= 15 is 0 Å². The second-order valence-corrected chi connectivity index (χ2v) is 5.71. The van der Waals surface area contributed by atoms with Crippen molar-refractivity contribution in [1.29, 1.82) is 0 Å². The third kappa shape index (κ3) is 2.58. The summed E-state index contributed by atoms with van der Waals surface area (Å²) in [5, 5.41) is 1.03. The van der Waals surface area contributed by atoms with Gasteiger partial charge in [-0.2, -0.15) is 0 Å². The van der Waals surface area contributed by atoms with Gasteiger partial charge in [-0.15, -0.1) is 0 Å². The Hall–Kier alpha value is -1.39. The second kappa shape index (κ2) is 5.54. The molecule has 3 nitrogen and oxygen atoms in total. The van der Waals surface area contributed by atoms with Crippen molar-refractivity contribution in [3.63, 3.8) is 0 Å². The number of halogens is 1. The number of hydrogen-bond donors (Lipinski definition) is 0. The molecule has 20 heavy (non-hydrogen) atoms. The number of fused-ring (bicyclic) bond motifs is 1. The summed E-state index contributed by atoms with van der Waals surface area (Å²) < 4.78 is 21.2. The zero-order valence-corrected chi connectivity index (χ0v) is 12.1. The molecule has 1 saturated heterocycles. The molecule has 4 heteroatoms. The van der Waals surface area contributed by atoms with Crippen LogP contribution in [0.4, 0.5) is 4.39 Å². The van der Waals surface area contributed by atoms with E-state index in [1.54, 1.807) is 12.1 Å². The third-order valence-electron chi connectivity index (χ3n) is 3.93. The molecule has 0 saturated carbocycles. The number of ether oxygens (including phenoxy) is 1. The summed E-state index contributed by atoms with van der Waals surface area (Å²) >= 11 is 0. The monoisotopic (exact) mass is 276 g/mol.